The standard InChI is InChI=1S/C29H39N5O6/c1-16(2)24-25(35)31-17(3)26(36)34-11-7-8-22(33-34)27(37)40-18(4)19-9-10-20-14-30-23(13-21(20)12-19)39-15-29(5,6)28(38)32-24/h9-10,12-14,16-18,22,24,33H,7-8,11,15H2,1-6H3,(H,31,35)(H,32,38)/t17-,18+,22-,24-/m0/s1. The van der Waals surface area contributed by atoms with Crippen molar-refractivity contribution in [2.75, 3.05) is 13.2 Å². The van der Waals surface area contributed by atoms with E-state index in [-0.39, 0.29) is 24.3 Å². The number of cyclic esters (lactones) is 1. The Kier molecular flexibility index (Phi) is 8.62. The molecule has 11 nitrogen and oxygen atoms in total. The quantitative estimate of drug-likeness (QED) is 0.458. The molecular formula is C29H39N5O6. The maximum Gasteiger partial charge on any atom is 0.325 e. The normalized spacial score (nSPS) is 26.6. The Morgan fingerprint density at radius 3 is 2.52 bits per heavy atom. The Morgan fingerprint density at radius 2 is 1.80 bits per heavy atom. The fourth-order valence-corrected chi connectivity index (χ4v) is 4.70. The lowest BCUT2D eigenvalue weighted by Crippen LogP contribution is -2.61. The lowest BCUT2D eigenvalue weighted by molar-refractivity contribution is -0.157. The Labute approximate surface area is 234 Å². The first-order chi connectivity index (χ1) is 18.9. The molecule has 0 radical (unpaired) electrons. The SMILES string of the molecule is CC(C)[C@@H]1NC(=O)C(C)(C)COc2cc3cc(ccc3cn2)[C@@H](C)OC(=O)[C@@H]2CCCN(N2)C(=O)[C@H](C)NC1=O. The van der Waals surface area contributed by atoms with E-state index >= 15 is 0 Å². The Hall–Kier alpha value is -3.73. The second kappa shape index (κ2) is 11.8. The molecule has 4 atom stereocenters. The van der Waals surface area contributed by atoms with Gasteiger partial charge in [-0.05, 0) is 63.5 Å². The van der Waals surface area contributed by atoms with Crippen molar-refractivity contribution in [1.29, 1.82) is 0 Å². The van der Waals surface area contributed by atoms with Crippen molar-refractivity contribution in [3.63, 3.8) is 0 Å². The minimum absolute atomic E-state index is 0.0222. The molecule has 3 amide bonds. The van der Waals surface area contributed by atoms with Gasteiger partial charge in [0.1, 0.15) is 30.8 Å². The van der Waals surface area contributed by atoms with Crippen molar-refractivity contribution in [1.82, 2.24) is 26.1 Å². The highest BCUT2D eigenvalue weighted by molar-refractivity contribution is 5.93. The summed E-state index contributed by atoms with van der Waals surface area (Å²) in [7, 11) is 0. The third-order valence-electron chi connectivity index (χ3n) is 7.38. The number of benzene rings is 1. The van der Waals surface area contributed by atoms with Gasteiger partial charge in [0, 0.05) is 24.2 Å². The second-order valence-corrected chi connectivity index (χ2v) is 11.6. The van der Waals surface area contributed by atoms with Gasteiger partial charge in [-0.25, -0.2) is 10.4 Å². The number of fused-ring (bicyclic) bond motifs is 4. The van der Waals surface area contributed by atoms with Crippen LogP contribution >= 0.6 is 0 Å². The van der Waals surface area contributed by atoms with E-state index in [0.717, 1.165) is 16.3 Å². The molecule has 2 aliphatic heterocycles. The monoisotopic (exact) mass is 553 g/mol. The summed E-state index contributed by atoms with van der Waals surface area (Å²) >= 11 is 0. The first-order valence-electron chi connectivity index (χ1n) is 13.8. The number of rotatable bonds is 1. The number of hydrazine groups is 1. The average Bonchev–Trinajstić information content (AvgIpc) is 2.92. The van der Waals surface area contributed by atoms with Crippen LogP contribution in [0.25, 0.3) is 10.8 Å². The first kappa shape index (κ1) is 29.3. The van der Waals surface area contributed by atoms with Crippen molar-refractivity contribution in [2.45, 2.75) is 78.6 Å². The van der Waals surface area contributed by atoms with Gasteiger partial charge in [-0.1, -0.05) is 26.0 Å². The zero-order valence-corrected chi connectivity index (χ0v) is 23.9. The van der Waals surface area contributed by atoms with E-state index in [1.807, 2.05) is 32.0 Å². The first-order valence-corrected chi connectivity index (χ1v) is 13.8. The summed E-state index contributed by atoms with van der Waals surface area (Å²) in [5, 5.41) is 8.65. The van der Waals surface area contributed by atoms with Gasteiger partial charge in [-0.3, -0.25) is 24.2 Å². The van der Waals surface area contributed by atoms with Gasteiger partial charge in [0.2, 0.25) is 17.7 Å². The molecule has 4 rings (SSSR count). The number of nitrogens with zero attached hydrogens (tertiary/aromatic N) is 2. The number of amides is 3. The van der Waals surface area contributed by atoms with Gasteiger partial charge in [0.15, 0.2) is 0 Å². The number of carbonyl (C=O) groups is 4. The van der Waals surface area contributed by atoms with E-state index in [0.29, 0.717) is 25.3 Å². The molecule has 0 unspecified atom stereocenters. The predicted molar refractivity (Wildman–Crippen MR) is 148 cm³/mol. The molecule has 5 bridgehead atoms. The molecule has 2 aliphatic rings. The largest absolute Gasteiger partial charge is 0.477 e. The van der Waals surface area contributed by atoms with Crippen LogP contribution in [0.15, 0.2) is 30.5 Å². The molecule has 1 saturated heterocycles. The van der Waals surface area contributed by atoms with Crippen LogP contribution < -0.4 is 20.8 Å². The van der Waals surface area contributed by atoms with Gasteiger partial charge in [-0.15, -0.1) is 0 Å². The molecule has 11 heteroatoms. The number of hydrogen-bond donors (Lipinski definition) is 3. The summed E-state index contributed by atoms with van der Waals surface area (Å²) in [5.41, 5.74) is 2.79. The van der Waals surface area contributed by atoms with Gasteiger partial charge >= 0.3 is 5.97 Å². The molecule has 3 heterocycles. The highest BCUT2D eigenvalue weighted by Crippen LogP contribution is 2.27. The maximum absolute atomic E-state index is 13.3. The fourth-order valence-electron chi connectivity index (χ4n) is 4.70. The minimum Gasteiger partial charge on any atom is -0.477 e. The summed E-state index contributed by atoms with van der Waals surface area (Å²) in [4.78, 5) is 57.0. The fraction of sp³-hybridized carbons (Fsp3) is 0.552. The molecular weight excluding hydrogens is 514 g/mol. The predicted octanol–water partition coefficient (Wildman–Crippen LogP) is 2.40. The smallest absolute Gasteiger partial charge is 0.325 e. The topological polar surface area (TPSA) is 139 Å². The summed E-state index contributed by atoms with van der Waals surface area (Å²) in [6, 6.07) is 5.01. The highest BCUT2D eigenvalue weighted by atomic mass is 16.5. The number of aromatic nitrogens is 1. The summed E-state index contributed by atoms with van der Waals surface area (Å²) in [6.07, 6.45) is 2.26. The number of ether oxygens (including phenoxy) is 2. The van der Waals surface area contributed by atoms with Crippen molar-refractivity contribution in [3.8, 4) is 5.88 Å². The molecule has 1 aromatic heterocycles. The number of hydrogen-bond acceptors (Lipinski definition) is 8. The van der Waals surface area contributed by atoms with Gasteiger partial charge in [0.25, 0.3) is 5.91 Å². The van der Waals surface area contributed by atoms with Gasteiger partial charge in [0.05, 0.1) is 5.41 Å². The van der Waals surface area contributed by atoms with Crippen molar-refractivity contribution in [3.05, 3.63) is 36.0 Å². The lowest BCUT2D eigenvalue weighted by Gasteiger charge is -2.35. The number of esters is 1. The molecule has 0 aliphatic carbocycles. The van der Waals surface area contributed by atoms with Crippen LogP contribution in [-0.4, -0.2) is 65.0 Å². The van der Waals surface area contributed by atoms with E-state index in [4.69, 9.17) is 9.47 Å². The number of carbonyl (C=O) groups excluding carboxylic acids is 4. The molecule has 216 valence electrons. The molecule has 40 heavy (non-hydrogen) atoms. The zero-order chi connectivity index (χ0) is 29.2. The van der Waals surface area contributed by atoms with Crippen molar-refractivity contribution >= 4 is 34.5 Å². The number of nitrogens with one attached hydrogen (secondary N) is 3. The Balaban J connectivity index is 1.66. The van der Waals surface area contributed by atoms with Crippen molar-refractivity contribution in [2.24, 2.45) is 11.3 Å². The number of pyridine rings is 1. The Bertz CT molecular complexity index is 1290. The van der Waals surface area contributed by atoms with E-state index in [1.165, 1.54) is 5.01 Å². The van der Waals surface area contributed by atoms with E-state index in [9.17, 15) is 19.2 Å². The van der Waals surface area contributed by atoms with Gasteiger partial charge < -0.3 is 20.1 Å². The highest BCUT2D eigenvalue weighted by Gasteiger charge is 2.36. The van der Waals surface area contributed by atoms with Gasteiger partial charge in [-0.2, -0.15) is 0 Å². The third-order valence-corrected chi connectivity index (χ3v) is 7.38. The van der Waals surface area contributed by atoms with Crippen LogP contribution in [0.2, 0.25) is 0 Å². The Morgan fingerprint density at radius 1 is 1.05 bits per heavy atom. The van der Waals surface area contributed by atoms with E-state index in [1.54, 1.807) is 40.0 Å². The molecule has 3 N–H and O–H groups in total. The molecule has 0 spiro atoms. The molecule has 1 fully saturated rings. The third kappa shape index (κ3) is 6.52. The summed E-state index contributed by atoms with van der Waals surface area (Å²) in [6.45, 7) is 10.9. The molecule has 0 saturated carbocycles. The van der Waals surface area contributed by atoms with E-state index < -0.39 is 41.5 Å². The lowest BCUT2D eigenvalue weighted by atomic mass is 9.92. The van der Waals surface area contributed by atoms with E-state index in [2.05, 4.69) is 21.0 Å². The summed E-state index contributed by atoms with van der Waals surface area (Å²) < 4.78 is 11.7. The minimum atomic E-state index is -0.985. The van der Waals surface area contributed by atoms with Crippen LogP contribution in [0.1, 0.15) is 66.1 Å². The van der Waals surface area contributed by atoms with Crippen LogP contribution in [0, 0.1) is 11.3 Å². The molecule has 1 aromatic carbocycles. The van der Waals surface area contributed by atoms with Crippen LogP contribution in [0.4, 0.5) is 0 Å². The van der Waals surface area contributed by atoms with Crippen LogP contribution in [0.5, 0.6) is 5.88 Å². The zero-order valence-electron chi connectivity index (χ0n) is 23.9. The average molecular weight is 554 g/mol. The molecule has 2 aromatic rings. The van der Waals surface area contributed by atoms with Crippen LogP contribution in [0.3, 0.4) is 0 Å². The summed E-state index contributed by atoms with van der Waals surface area (Å²) in [5.74, 6) is -1.58. The second-order valence-electron chi connectivity index (χ2n) is 11.6. The maximum atomic E-state index is 13.3. The van der Waals surface area contributed by atoms with Crippen molar-refractivity contribution < 1.29 is 28.7 Å². The van der Waals surface area contributed by atoms with Crippen LogP contribution in [-0.2, 0) is 23.9 Å².